The summed E-state index contributed by atoms with van der Waals surface area (Å²) in [5, 5.41) is 19.1. The Hall–Kier alpha value is -8.07. The summed E-state index contributed by atoms with van der Waals surface area (Å²) >= 11 is -1.74. The van der Waals surface area contributed by atoms with Gasteiger partial charge >= 0.3 is 424 Å². The van der Waals surface area contributed by atoms with E-state index in [1.165, 1.54) is 87.5 Å². The Morgan fingerprint density at radius 1 is 0.511 bits per heavy atom. The van der Waals surface area contributed by atoms with E-state index in [9.17, 15) is 44.2 Å². The molecule has 28 heteroatoms. The van der Waals surface area contributed by atoms with Crippen LogP contribution in [0.1, 0.15) is 67.7 Å². The predicted molar refractivity (Wildman–Crippen MR) is 326 cm³/mol. The number of hydrogen-bond donors (Lipinski definition) is 0. The Labute approximate surface area is 513 Å². The van der Waals surface area contributed by atoms with Gasteiger partial charge in [-0.15, -0.1) is 0 Å². The van der Waals surface area contributed by atoms with Crippen LogP contribution in [0.5, 0.6) is 0 Å². The molecule has 23 nitrogen and oxygen atoms in total. The zero-order chi connectivity index (χ0) is 60.3. The first-order valence-electron chi connectivity index (χ1n) is 27.3. The van der Waals surface area contributed by atoms with Crippen molar-refractivity contribution >= 4 is 160 Å². The topological polar surface area (TPSA) is 337 Å². The fourth-order valence-electron chi connectivity index (χ4n) is 11.8. The van der Waals surface area contributed by atoms with Crippen molar-refractivity contribution in [2.45, 2.75) is 71.6 Å². The van der Waals surface area contributed by atoms with Crippen LogP contribution in [-0.4, -0.2) is 96.7 Å². The number of nitrogens with zero attached hydrogens (tertiary/aromatic N) is 10. The molecule has 0 amide bonds. The second-order valence-electron chi connectivity index (χ2n) is 21.3. The first kappa shape index (κ1) is 58.9. The van der Waals surface area contributed by atoms with Crippen LogP contribution in [-0.2, 0) is 53.3 Å². The van der Waals surface area contributed by atoms with Crippen molar-refractivity contribution in [1.82, 2.24) is 11.1 Å². The number of hydrogen-bond acceptors (Lipinski definition) is 19. The van der Waals surface area contributed by atoms with E-state index < -0.39 is 62.9 Å². The molecule has 0 saturated heterocycles. The number of benzene rings is 8. The number of imidazole rings is 1. The average molecular weight is 1310 g/mol. The molecule has 0 saturated carbocycles. The summed E-state index contributed by atoms with van der Waals surface area (Å²) in [5.41, 5.74) is 2.28. The van der Waals surface area contributed by atoms with Gasteiger partial charge in [0.05, 0.1) is 13.6 Å². The third kappa shape index (κ3) is 10.4. The van der Waals surface area contributed by atoms with Crippen LogP contribution < -0.4 is 20.8 Å². The second kappa shape index (κ2) is 22.5. The van der Waals surface area contributed by atoms with Crippen molar-refractivity contribution in [2.75, 3.05) is 0 Å². The Balaban J connectivity index is 0.000000423. The maximum absolute atomic E-state index is 12.8. The Bertz CT molecular complexity index is 5490. The van der Waals surface area contributed by atoms with E-state index in [-0.39, 0.29) is 62.1 Å². The zero-order valence-electron chi connectivity index (χ0n) is 46.3. The van der Waals surface area contributed by atoms with Gasteiger partial charge < -0.3 is 5.48 Å². The molecule has 3 aromatic heterocycles. The molecule has 0 fully saturated rings. The molecule has 0 unspecified atom stereocenters. The summed E-state index contributed by atoms with van der Waals surface area (Å²) < 4.78 is 128. The van der Waals surface area contributed by atoms with Crippen molar-refractivity contribution in [3.8, 4) is 0 Å². The molecular formula is C60H45GaN10O13S4-3. The Kier molecular flexibility index (Phi) is 15.1. The molecule has 7 heterocycles. The first-order chi connectivity index (χ1) is 41.8. The first-order valence-corrected chi connectivity index (χ1v) is 34.5. The minimum atomic E-state index is -5.02. The van der Waals surface area contributed by atoms with Crippen LogP contribution in [0.3, 0.4) is 0 Å². The summed E-state index contributed by atoms with van der Waals surface area (Å²) in [7, 11) is -13.0. The third-order valence-electron chi connectivity index (χ3n) is 15.8. The average Bonchev–Trinajstić information content (AvgIpc) is 1.69. The summed E-state index contributed by atoms with van der Waals surface area (Å²) in [5.74, 6) is 1.07. The molecule has 0 aliphatic carbocycles. The molecule has 0 atom stereocenters. The van der Waals surface area contributed by atoms with E-state index in [2.05, 4.69) is 46.9 Å². The van der Waals surface area contributed by atoms with E-state index in [1.807, 2.05) is 24.7 Å². The molecule has 88 heavy (non-hydrogen) atoms. The number of aliphatic imine (C=N–C) groups is 4. The predicted octanol–water partition coefficient (Wildman–Crippen LogP) is 6.87. The van der Waals surface area contributed by atoms with Gasteiger partial charge in [-0.25, -0.2) is 9.13 Å². The normalized spacial score (nSPS) is 14.1. The molecule has 4 aliphatic rings. The molecule has 0 spiro atoms. The molecule has 8 aromatic carbocycles. The van der Waals surface area contributed by atoms with Gasteiger partial charge in [0.1, 0.15) is 12.4 Å². The Morgan fingerprint density at radius 2 is 0.955 bits per heavy atom. The number of fused-ring (bicyclic) bond motifs is 18. The second-order valence-corrected chi connectivity index (χ2v) is 28.7. The number of rotatable bonds is 13. The number of amidine groups is 4. The van der Waals surface area contributed by atoms with Gasteiger partial charge in [-0.05, 0) is 12.8 Å². The number of unbranched alkanes of at least 4 members (excludes halogenated alkanes) is 5. The van der Waals surface area contributed by atoms with Gasteiger partial charge in [-0.3, -0.25) is 0 Å². The van der Waals surface area contributed by atoms with E-state index in [4.69, 9.17) is 34.3 Å². The van der Waals surface area contributed by atoms with Gasteiger partial charge in [0, 0.05) is 0 Å². The quantitative estimate of drug-likeness (QED) is 0.0216. The molecule has 15 rings (SSSR count). The molecule has 1 radical (unpaired) electrons. The van der Waals surface area contributed by atoms with Crippen LogP contribution in [0.15, 0.2) is 190 Å². The molecule has 4 aliphatic heterocycles. The van der Waals surface area contributed by atoms with Crippen molar-refractivity contribution < 1.29 is 63.6 Å². The maximum atomic E-state index is 12.8. The summed E-state index contributed by atoms with van der Waals surface area (Å²) in [4.78, 5) is 30.2. The Morgan fingerprint density at radius 3 is 1.49 bits per heavy atom. The summed E-state index contributed by atoms with van der Waals surface area (Å²) in [6.45, 7) is 3.44. The SMILES string of the molecule is CCCCCCCCn1cc[n+](C)c1.O.O=S(=O)([O-])c1cccc2cc3c(cc12)C1=Nc2c4cc5cccc(S(=O)(=O)[O-])c5cc4c4[n]2[Ga][n]2c(c5cc6cccc(S(=O)(=O)[O-])c6cc5c2=NC3=N1)=NC1=NC(=N4)c2cc3cccc(SOO[O-])c3cc21. The van der Waals surface area contributed by atoms with Gasteiger partial charge in [-0.2, -0.15) is 0 Å². The van der Waals surface area contributed by atoms with Crippen LogP contribution in [0.25, 0.3) is 64.6 Å². The van der Waals surface area contributed by atoms with Crippen LogP contribution in [0.4, 0.5) is 11.6 Å². The van der Waals surface area contributed by atoms with Gasteiger partial charge in [-0.1, -0.05) is 32.6 Å². The molecule has 11 aromatic rings. The van der Waals surface area contributed by atoms with Crippen molar-refractivity contribution in [3.05, 3.63) is 173 Å². The van der Waals surface area contributed by atoms with Gasteiger partial charge in [0.2, 0.25) is 6.33 Å². The standard InChI is InChI=1S/C48H24N8O12S4.C12H23N2.Ga.H2O/c57-67-68-69-37-9-1-5-21-13-29-33(17-25(21)37)45-49-41(29)51-46-35-19-27-23(7-3-11-39(27)71(61,62)63)15-31(35)43(53-46)55-48-36-20-28-24(8-4-12-40(28)72(64,65)66)16-32(36)44(56-48)54-47-34-18-26-22(14-30(34)42(50-45)52-47)6-2-10-38(26)70(58,59)60;1-3-4-5-6-7-8-9-14-11-10-13(2)12-14;;/h1-20H,(H4-2,49,50,51,52,53,54,55,56,57,58,59,60,61,62,63,64,65,66);10-12H,3-9H2,1-2H3;;1H2/q-2;+1;+2;/p-4. The van der Waals surface area contributed by atoms with Gasteiger partial charge in [0.15, 0.2) is 0 Å². The molecule has 443 valence electrons. The van der Waals surface area contributed by atoms with Crippen LogP contribution in [0.2, 0.25) is 0 Å². The molecule has 6 bridgehead atoms. The van der Waals surface area contributed by atoms with Crippen molar-refractivity contribution in [2.24, 2.45) is 37.0 Å². The third-order valence-corrected chi connectivity index (χ3v) is 22.2. The van der Waals surface area contributed by atoms with Crippen LogP contribution in [0, 0.1) is 0 Å². The van der Waals surface area contributed by atoms with E-state index in [0.29, 0.717) is 93.2 Å². The van der Waals surface area contributed by atoms with E-state index in [0.717, 1.165) is 0 Å². The minimum absolute atomic E-state index is 0. The fraction of sp³-hybridized carbons (Fsp3) is 0.150. The number of aryl methyl sites for hydroxylation is 2. The fourth-order valence-corrected chi connectivity index (χ4v) is 17.5. The van der Waals surface area contributed by atoms with Crippen molar-refractivity contribution in [1.29, 1.82) is 0 Å². The van der Waals surface area contributed by atoms with Crippen molar-refractivity contribution in [3.63, 3.8) is 0 Å². The van der Waals surface area contributed by atoms with Crippen LogP contribution >= 0.6 is 12.0 Å². The summed E-state index contributed by atoms with van der Waals surface area (Å²) in [6.07, 6.45) is 14.6. The van der Waals surface area contributed by atoms with E-state index >= 15 is 0 Å². The zero-order valence-corrected chi connectivity index (χ0v) is 52.0. The molecule has 2 N–H and O–H groups in total. The van der Waals surface area contributed by atoms with Gasteiger partial charge in [0.25, 0.3) is 0 Å². The monoisotopic (exact) mass is 1310 g/mol. The van der Waals surface area contributed by atoms with E-state index in [1.54, 1.807) is 60.7 Å². The molecular weight excluding hydrogens is 1270 g/mol. The number of aromatic nitrogens is 4. The summed E-state index contributed by atoms with van der Waals surface area (Å²) in [6, 6.07) is 31.7.